The molecule has 0 atom stereocenters. The van der Waals surface area contributed by atoms with E-state index in [1.54, 1.807) is 0 Å². The van der Waals surface area contributed by atoms with Crippen LogP contribution in [-0.4, -0.2) is 0 Å². The van der Waals surface area contributed by atoms with Crippen LogP contribution in [0.2, 0.25) is 0 Å². The van der Waals surface area contributed by atoms with Gasteiger partial charge in [-0.15, -0.1) is 0 Å². The SMILES string of the molecule is Cc1ccc(-c2ccc3ccccc3c2)cc1.Cc1ccc(-c2cccc3ccccc23)cc1.Cc1ccc2ccccc2c1.Cc1cccc(-c2cccc3ccccc23)c1.Cc1cccc2ccccc12. The van der Waals surface area contributed by atoms with Crippen LogP contribution in [0.5, 0.6) is 0 Å². The molecule has 0 amide bonds. The summed E-state index contributed by atoms with van der Waals surface area (Å²) in [6.07, 6.45) is 0. The van der Waals surface area contributed by atoms with Crippen molar-refractivity contribution in [3.05, 3.63) is 313 Å². The number of fused-ring (bicyclic) bond motifs is 5. The highest BCUT2D eigenvalue weighted by Crippen LogP contribution is 2.31. The van der Waals surface area contributed by atoms with Crippen LogP contribution in [0.1, 0.15) is 27.8 Å². The van der Waals surface area contributed by atoms with Crippen molar-refractivity contribution in [3.8, 4) is 33.4 Å². The third-order valence-corrected chi connectivity index (χ3v) is 13.3. The minimum Gasteiger partial charge on any atom is -0.0616 e. The monoisotopic (exact) mass is 938 g/mol. The Balaban J connectivity index is 0.000000114. The summed E-state index contributed by atoms with van der Waals surface area (Å²) in [4.78, 5) is 0. The number of hydrogen-bond donors (Lipinski definition) is 0. The molecule has 0 unspecified atom stereocenters. The predicted molar refractivity (Wildman–Crippen MR) is 320 cm³/mol. The van der Waals surface area contributed by atoms with Gasteiger partial charge in [-0.3, -0.25) is 0 Å². The summed E-state index contributed by atoms with van der Waals surface area (Å²) in [7, 11) is 0. The Morgan fingerprint density at radius 2 is 0.548 bits per heavy atom. The van der Waals surface area contributed by atoms with Gasteiger partial charge in [0.15, 0.2) is 0 Å². The summed E-state index contributed by atoms with van der Waals surface area (Å²) in [6.45, 7) is 10.6. The highest BCUT2D eigenvalue weighted by Gasteiger charge is 2.05. The van der Waals surface area contributed by atoms with Gasteiger partial charge in [0.25, 0.3) is 0 Å². The predicted octanol–water partition coefficient (Wildman–Crippen LogP) is 20.7. The quantitative estimate of drug-likeness (QED) is 0.166. The molecule has 13 aromatic carbocycles. The Morgan fingerprint density at radius 3 is 1.10 bits per heavy atom. The van der Waals surface area contributed by atoms with Gasteiger partial charge in [-0.05, 0) is 133 Å². The Hall–Kier alpha value is -8.84. The van der Waals surface area contributed by atoms with E-state index in [2.05, 4.69) is 320 Å². The molecule has 73 heavy (non-hydrogen) atoms. The average molecular weight is 939 g/mol. The summed E-state index contributed by atoms with van der Waals surface area (Å²) >= 11 is 0. The normalized spacial score (nSPS) is 10.5. The molecule has 13 rings (SSSR count). The van der Waals surface area contributed by atoms with Crippen LogP contribution in [-0.2, 0) is 0 Å². The van der Waals surface area contributed by atoms with Gasteiger partial charge in [0.2, 0.25) is 0 Å². The van der Waals surface area contributed by atoms with Gasteiger partial charge >= 0.3 is 0 Å². The van der Waals surface area contributed by atoms with Crippen LogP contribution < -0.4 is 0 Å². The van der Waals surface area contributed by atoms with E-state index in [9.17, 15) is 0 Å². The summed E-state index contributed by atoms with van der Waals surface area (Å²) in [6, 6.07) is 101. The Kier molecular flexibility index (Phi) is 16.1. The van der Waals surface area contributed by atoms with Gasteiger partial charge in [-0.1, -0.05) is 301 Å². The van der Waals surface area contributed by atoms with Crippen molar-refractivity contribution in [2.75, 3.05) is 0 Å². The van der Waals surface area contributed by atoms with E-state index in [0.717, 1.165) is 0 Å². The second-order valence-electron chi connectivity index (χ2n) is 18.9. The summed E-state index contributed by atoms with van der Waals surface area (Å²) in [5, 5.41) is 13.2. The van der Waals surface area contributed by atoms with Crippen molar-refractivity contribution in [1.29, 1.82) is 0 Å². The number of hydrogen-bond acceptors (Lipinski definition) is 0. The molecule has 0 bridgehead atoms. The highest BCUT2D eigenvalue weighted by molar-refractivity contribution is 5.98. The molecule has 0 N–H and O–H groups in total. The van der Waals surface area contributed by atoms with Crippen molar-refractivity contribution in [2.24, 2.45) is 0 Å². The maximum atomic E-state index is 2.25. The third kappa shape index (κ3) is 12.7. The summed E-state index contributed by atoms with van der Waals surface area (Å²) < 4.78 is 0. The van der Waals surface area contributed by atoms with Crippen LogP contribution in [0, 0.1) is 34.6 Å². The van der Waals surface area contributed by atoms with Crippen LogP contribution in [0.15, 0.2) is 285 Å². The molecular formula is C73H62. The molecule has 0 saturated carbocycles. The minimum atomic E-state index is 1.28. The first-order valence-electron chi connectivity index (χ1n) is 25.3. The van der Waals surface area contributed by atoms with Gasteiger partial charge in [-0.25, -0.2) is 0 Å². The standard InChI is InChI=1S/3C17H14.2C11H10/c1-13-6-4-9-15(12-13)17-11-5-8-14-7-2-3-10-16(14)17;1-13-9-11-15(12-10-13)17-8-4-6-14-5-2-3-7-16(14)17;1-13-6-8-15(9-7-13)17-11-10-14-4-2-3-5-16(14)12-17;1-9-5-4-7-10-6-2-3-8-11(9)10;1-9-6-7-10-4-2-3-5-11(10)8-9/h3*2-12H,1H3;2*2-8H,1H3. The molecule has 0 fully saturated rings. The zero-order valence-electron chi connectivity index (χ0n) is 42.6. The molecule has 0 radical (unpaired) electrons. The molecular weight excluding hydrogens is 877 g/mol. The van der Waals surface area contributed by atoms with E-state index in [0.29, 0.717) is 0 Å². The fraction of sp³-hybridized carbons (Fsp3) is 0.0685. The lowest BCUT2D eigenvalue weighted by Crippen LogP contribution is -1.82. The molecule has 0 heterocycles. The zero-order valence-corrected chi connectivity index (χ0v) is 42.6. The van der Waals surface area contributed by atoms with Crippen LogP contribution >= 0.6 is 0 Å². The van der Waals surface area contributed by atoms with Crippen molar-refractivity contribution in [2.45, 2.75) is 34.6 Å². The maximum absolute atomic E-state index is 2.25. The molecule has 0 spiro atoms. The largest absolute Gasteiger partial charge is 0.0616 e. The topological polar surface area (TPSA) is 0 Å². The summed E-state index contributed by atoms with van der Waals surface area (Å²) in [5.74, 6) is 0. The fourth-order valence-corrected chi connectivity index (χ4v) is 9.31. The van der Waals surface area contributed by atoms with E-state index in [1.165, 1.54) is 115 Å². The first-order valence-corrected chi connectivity index (χ1v) is 25.3. The van der Waals surface area contributed by atoms with Crippen LogP contribution in [0.25, 0.3) is 87.2 Å². The number of benzene rings is 13. The van der Waals surface area contributed by atoms with Gasteiger partial charge in [0.1, 0.15) is 0 Å². The molecule has 0 aliphatic rings. The third-order valence-electron chi connectivity index (χ3n) is 13.3. The smallest absolute Gasteiger partial charge is 0.0105 e. The Bertz CT molecular complexity index is 3870. The van der Waals surface area contributed by atoms with Crippen LogP contribution in [0.3, 0.4) is 0 Å². The average Bonchev–Trinajstić information content (AvgIpc) is 3.44. The molecule has 0 aromatic heterocycles. The van der Waals surface area contributed by atoms with E-state index < -0.39 is 0 Å². The van der Waals surface area contributed by atoms with Crippen LogP contribution in [0.4, 0.5) is 0 Å². The van der Waals surface area contributed by atoms with Crippen molar-refractivity contribution >= 4 is 53.9 Å². The Morgan fingerprint density at radius 1 is 0.178 bits per heavy atom. The second kappa shape index (κ2) is 23.8. The van der Waals surface area contributed by atoms with E-state index in [-0.39, 0.29) is 0 Å². The molecule has 0 aliphatic carbocycles. The van der Waals surface area contributed by atoms with Crippen molar-refractivity contribution < 1.29 is 0 Å². The summed E-state index contributed by atoms with van der Waals surface area (Å²) in [5.41, 5.74) is 14.3. The first-order chi connectivity index (χ1) is 35.8. The number of aryl methyl sites for hydroxylation is 5. The lowest BCUT2D eigenvalue weighted by Gasteiger charge is -2.07. The van der Waals surface area contributed by atoms with Crippen molar-refractivity contribution in [3.63, 3.8) is 0 Å². The van der Waals surface area contributed by atoms with Gasteiger partial charge in [-0.2, -0.15) is 0 Å². The molecule has 0 aliphatic heterocycles. The molecule has 13 aromatic rings. The zero-order chi connectivity index (χ0) is 50.4. The highest BCUT2D eigenvalue weighted by atomic mass is 14.1. The fourth-order valence-electron chi connectivity index (χ4n) is 9.31. The lowest BCUT2D eigenvalue weighted by atomic mass is 9.97. The van der Waals surface area contributed by atoms with Gasteiger partial charge < -0.3 is 0 Å². The molecule has 354 valence electrons. The lowest BCUT2D eigenvalue weighted by molar-refractivity contribution is 1.47. The minimum absolute atomic E-state index is 1.28. The van der Waals surface area contributed by atoms with Gasteiger partial charge in [0.05, 0.1) is 0 Å². The van der Waals surface area contributed by atoms with Crippen molar-refractivity contribution in [1.82, 2.24) is 0 Å². The van der Waals surface area contributed by atoms with Gasteiger partial charge in [0, 0.05) is 0 Å². The maximum Gasteiger partial charge on any atom is -0.0105 e. The molecule has 0 heteroatoms. The number of rotatable bonds is 3. The Labute approximate surface area is 432 Å². The van der Waals surface area contributed by atoms with E-state index >= 15 is 0 Å². The molecule has 0 nitrogen and oxygen atoms in total. The first kappa shape index (κ1) is 49.2. The second-order valence-corrected chi connectivity index (χ2v) is 18.9. The molecule has 0 saturated heterocycles. The van der Waals surface area contributed by atoms with E-state index in [1.807, 2.05) is 0 Å². The van der Waals surface area contributed by atoms with E-state index in [4.69, 9.17) is 0 Å².